The number of alkyl halides is 6. The lowest BCUT2D eigenvalue weighted by atomic mass is 9.98. The van der Waals surface area contributed by atoms with E-state index < -0.39 is 29.7 Å². The van der Waals surface area contributed by atoms with E-state index in [0.717, 1.165) is 17.3 Å². The Hall–Kier alpha value is -2.69. The number of carbonyl (C=O) groups is 1. The van der Waals surface area contributed by atoms with Gasteiger partial charge in [0.05, 0.1) is 6.20 Å². The Balaban J connectivity index is 0.000000321. The zero-order chi connectivity index (χ0) is 20.4. The molecule has 0 amide bonds. The second-order valence-electron chi connectivity index (χ2n) is 5.43. The third-order valence-corrected chi connectivity index (χ3v) is 3.57. The number of carboxylic acid groups (broad SMARTS) is 1. The zero-order valence-electron chi connectivity index (χ0n) is 13.2. The van der Waals surface area contributed by atoms with Crippen molar-refractivity contribution in [3.05, 3.63) is 53.1 Å². The smallest absolute Gasteiger partial charge is 0.475 e. The van der Waals surface area contributed by atoms with Crippen LogP contribution in [0.5, 0.6) is 0 Å². The van der Waals surface area contributed by atoms with Crippen molar-refractivity contribution >= 4 is 5.97 Å². The maximum Gasteiger partial charge on any atom is 0.490 e. The van der Waals surface area contributed by atoms with E-state index >= 15 is 0 Å². The van der Waals surface area contributed by atoms with Crippen molar-refractivity contribution in [2.45, 2.75) is 25.4 Å². The van der Waals surface area contributed by atoms with Gasteiger partial charge in [0.15, 0.2) is 5.82 Å². The van der Waals surface area contributed by atoms with Crippen molar-refractivity contribution in [2.24, 2.45) is 0 Å². The fourth-order valence-corrected chi connectivity index (χ4v) is 2.40. The van der Waals surface area contributed by atoms with Crippen LogP contribution in [0.2, 0.25) is 0 Å². The predicted molar refractivity (Wildman–Crippen MR) is 78.9 cm³/mol. The van der Waals surface area contributed by atoms with Crippen LogP contribution in [0.15, 0.2) is 30.6 Å². The van der Waals surface area contributed by atoms with Gasteiger partial charge in [-0.25, -0.2) is 9.18 Å². The summed E-state index contributed by atoms with van der Waals surface area (Å²) in [6, 6.07) is 4.98. The largest absolute Gasteiger partial charge is 0.490 e. The van der Waals surface area contributed by atoms with Gasteiger partial charge < -0.3 is 10.4 Å². The van der Waals surface area contributed by atoms with Crippen molar-refractivity contribution in [1.29, 1.82) is 0 Å². The van der Waals surface area contributed by atoms with Crippen molar-refractivity contribution in [3.8, 4) is 11.1 Å². The number of nitrogens with one attached hydrogen (secondary N) is 1. The average Bonchev–Trinajstić information content (AvgIpc) is 3.00. The van der Waals surface area contributed by atoms with Crippen LogP contribution in [0.1, 0.15) is 16.7 Å². The number of hydrogen-bond donors (Lipinski definition) is 2. The second-order valence-corrected chi connectivity index (χ2v) is 5.43. The molecule has 0 unspecified atom stereocenters. The van der Waals surface area contributed by atoms with E-state index in [0.29, 0.717) is 24.8 Å². The number of hydrogen-bond acceptors (Lipinski definition) is 3. The molecule has 1 aromatic carbocycles. The summed E-state index contributed by atoms with van der Waals surface area (Å²) >= 11 is 0. The van der Waals surface area contributed by atoms with Gasteiger partial charge in [-0.3, -0.25) is 4.98 Å². The topological polar surface area (TPSA) is 62.2 Å². The van der Waals surface area contributed by atoms with Gasteiger partial charge in [0.2, 0.25) is 0 Å². The van der Waals surface area contributed by atoms with Crippen LogP contribution < -0.4 is 5.32 Å². The fraction of sp³-hybridized carbons (Fsp3) is 0.250. The molecule has 0 atom stereocenters. The molecule has 1 aromatic heterocycles. The molecule has 0 saturated heterocycles. The number of halogens is 7. The zero-order valence-corrected chi connectivity index (χ0v) is 13.2. The monoisotopic (exact) mass is 396 g/mol. The molecule has 146 valence electrons. The number of benzene rings is 1. The Morgan fingerprint density at radius 1 is 1.04 bits per heavy atom. The summed E-state index contributed by atoms with van der Waals surface area (Å²) in [5.41, 5.74) is 0.809. The lowest BCUT2D eigenvalue weighted by Crippen LogP contribution is -2.21. The standard InChI is InChI=1S/C14H10F4N2.C2HF3O2/c15-12-7-20-6-11(13(12)14(16,17)18)8-1-2-9-4-19-5-10(9)3-8;3-2(4,5)1(6)7/h1-3,6-7,19H,4-5H2;(H,6,7). The van der Waals surface area contributed by atoms with Gasteiger partial charge in [-0.15, -0.1) is 0 Å². The maximum atomic E-state index is 13.5. The predicted octanol–water partition coefficient (Wildman–Crippen LogP) is 4.14. The first kappa shape index (κ1) is 20.6. The van der Waals surface area contributed by atoms with Crippen LogP contribution in [0.3, 0.4) is 0 Å². The normalized spacial score (nSPS) is 13.6. The Morgan fingerprint density at radius 3 is 2.19 bits per heavy atom. The summed E-state index contributed by atoms with van der Waals surface area (Å²) in [6.45, 7) is 1.30. The van der Waals surface area contributed by atoms with Gasteiger partial charge in [-0.1, -0.05) is 12.1 Å². The van der Waals surface area contributed by atoms with Gasteiger partial charge in [-0.2, -0.15) is 26.3 Å². The molecule has 4 nitrogen and oxygen atoms in total. The van der Waals surface area contributed by atoms with Crippen LogP contribution in [-0.2, 0) is 24.1 Å². The van der Waals surface area contributed by atoms with Gasteiger partial charge in [0.1, 0.15) is 5.56 Å². The van der Waals surface area contributed by atoms with E-state index in [2.05, 4.69) is 10.3 Å². The van der Waals surface area contributed by atoms with Gasteiger partial charge in [0.25, 0.3) is 0 Å². The minimum atomic E-state index is -5.08. The number of pyridine rings is 1. The number of nitrogens with zero attached hydrogens (tertiary/aromatic N) is 1. The highest BCUT2D eigenvalue weighted by molar-refractivity contribution is 5.73. The summed E-state index contributed by atoms with van der Waals surface area (Å²) in [7, 11) is 0. The molecule has 0 fully saturated rings. The lowest BCUT2D eigenvalue weighted by molar-refractivity contribution is -0.192. The van der Waals surface area contributed by atoms with Crippen LogP contribution in [0.4, 0.5) is 30.7 Å². The van der Waals surface area contributed by atoms with E-state index in [1.54, 1.807) is 18.2 Å². The maximum absolute atomic E-state index is 13.5. The molecule has 0 aliphatic carbocycles. The number of aromatic nitrogens is 1. The van der Waals surface area contributed by atoms with E-state index in [1.807, 2.05) is 0 Å². The molecular weight excluding hydrogens is 385 g/mol. The summed E-state index contributed by atoms with van der Waals surface area (Å²) < 4.78 is 84.2. The van der Waals surface area contributed by atoms with Crippen LogP contribution >= 0.6 is 0 Å². The lowest BCUT2D eigenvalue weighted by Gasteiger charge is -2.14. The van der Waals surface area contributed by atoms with Crippen molar-refractivity contribution < 1.29 is 40.6 Å². The molecule has 1 aliphatic rings. The molecule has 3 rings (SSSR count). The molecule has 2 N–H and O–H groups in total. The number of fused-ring (bicyclic) bond motifs is 1. The molecule has 2 aromatic rings. The first-order valence-electron chi connectivity index (χ1n) is 7.25. The van der Waals surface area contributed by atoms with Crippen molar-refractivity contribution in [2.75, 3.05) is 0 Å². The quantitative estimate of drug-likeness (QED) is 0.712. The van der Waals surface area contributed by atoms with Crippen molar-refractivity contribution in [3.63, 3.8) is 0 Å². The summed E-state index contributed by atoms with van der Waals surface area (Å²) in [4.78, 5) is 12.4. The third kappa shape index (κ3) is 4.94. The van der Waals surface area contributed by atoms with Gasteiger partial charge in [-0.05, 0) is 22.8 Å². The Bertz CT molecular complexity index is 848. The molecule has 0 radical (unpaired) electrons. The van der Waals surface area contributed by atoms with E-state index in [1.165, 1.54) is 0 Å². The summed E-state index contributed by atoms with van der Waals surface area (Å²) in [6.07, 6.45) is -8.20. The minimum Gasteiger partial charge on any atom is -0.475 e. The van der Waals surface area contributed by atoms with E-state index in [4.69, 9.17) is 9.90 Å². The highest BCUT2D eigenvalue weighted by atomic mass is 19.4. The van der Waals surface area contributed by atoms with Crippen LogP contribution in [0, 0.1) is 5.82 Å². The SMILES string of the molecule is Fc1cncc(-c2ccc3c(c2)CNC3)c1C(F)(F)F.O=C(O)C(F)(F)F. The fourth-order valence-electron chi connectivity index (χ4n) is 2.40. The number of rotatable bonds is 1. The molecule has 0 saturated carbocycles. The molecule has 2 heterocycles. The summed E-state index contributed by atoms with van der Waals surface area (Å²) in [5, 5.41) is 10.2. The highest BCUT2D eigenvalue weighted by Crippen LogP contribution is 2.38. The van der Waals surface area contributed by atoms with Crippen LogP contribution in [-0.4, -0.2) is 22.2 Å². The molecule has 0 bridgehead atoms. The molecule has 0 spiro atoms. The van der Waals surface area contributed by atoms with E-state index in [9.17, 15) is 30.7 Å². The first-order chi connectivity index (χ1) is 12.4. The molecule has 1 aliphatic heterocycles. The number of aliphatic carboxylic acids is 1. The van der Waals surface area contributed by atoms with Crippen molar-refractivity contribution in [1.82, 2.24) is 10.3 Å². The van der Waals surface area contributed by atoms with Gasteiger partial charge in [0, 0.05) is 24.8 Å². The molecule has 27 heavy (non-hydrogen) atoms. The summed E-state index contributed by atoms with van der Waals surface area (Å²) in [5.74, 6) is -4.11. The van der Waals surface area contributed by atoms with E-state index in [-0.39, 0.29) is 5.56 Å². The van der Waals surface area contributed by atoms with Gasteiger partial charge >= 0.3 is 18.3 Å². The second kappa shape index (κ2) is 7.51. The first-order valence-corrected chi connectivity index (χ1v) is 7.25. The third-order valence-electron chi connectivity index (χ3n) is 3.57. The minimum absolute atomic E-state index is 0.229. The highest BCUT2D eigenvalue weighted by Gasteiger charge is 2.38. The molecular formula is C16H11F7N2O2. The Kier molecular flexibility index (Phi) is 5.73. The number of carboxylic acids is 1. The van der Waals surface area contributed by atoms with Crippen LogP contribution in [0.25, 0.3) is 11.1 Å². The Morgan fingerprint density at radius 2 is 1.63 bits per heavy atom. The Labute approximate surface area is 147 Å². The molecule has 11 heteroatoms. The average molecular weight is 396 g/mol.